The molecule has 100 valence electrons. The molecule has 1 amide bonds. The van der Waals surface area contributed by atoms with E-state index in [1.807, 2.05) is 23.2 Å². The Kier molecular flexibility index (Phi) is 3.21. The van der Waals surface area contributed by atoms with Crippen molar-refractivity contribution in [2.75, 3.05) is 13.1 Å². The minimum Gasteiger partial charge on any atom is -0.346 e. The van der Waals surface area contributed by atoms with E-state index in [1.165, 1.54) is 0 Å². The Morgan fingerprint density at radius 3 is 3.32 bits per heavy atom. The van der Waals surface area contributed by atoms with Crippen LogP contribution in [-0.2, 0) is 11.2 Å². The summed E-state index contributed by atoms with van der Waals surface area (Å²) < 4.78 is 0. The lowest BCUT2D eigenvalue weighted by molar-refractivity contribution is -0.131. The predicted octanol–water partition coefficient (Wildman–Crippen LogP) is 1.06. The SMILES string of the molecule is NCC1CCCN1C(=O)Cc1c[nH]c2ncccc12. The van der Waals surface area contributed by atoms with Gasteiger partial charge in [0.2, 0.25) is 5.91 Å². The van der Waals surface area contributed by atoms with Crippen LogP contribution in [0.3, 0.4) is 0 Å². The molecule has 2 aromatic heterocycles. The molecule has 0 aliphatic carbocycles. The first-order valence-electron chi connectivity index (χ1n) is 6.70. The first kappa shape index (κ1) is 12.2. The molecule has 0 radical (unpaired) electrons. The number of nitrogens with one attached hydrogen (secondary N) is 1. The van der Waals surface area contributed by atoms with Gasteiger partial charge in [-0.05, 0) is 30.5 Å². The summed E-state index contributed by atoms with van der Waals surface area (Å²) in [5.41, 5.74) is 7.56. The molecule has 1 fully saturated rings. The highest BCUT2D eigenvalue weighted by atomic mass is 16.2. The second kappa shape index (κ2) is 5.01. The molecule has 1 saturated heterocycles. The van der Waals surface area contributed by atoms with Crippen LogP contribution < -0.4 is 5.73 Å². The normalized spacial score (nSPS) is 19.2. The molecule has 3 N–H and O–H groups in total. The van der Waals surface area contributed by atoms with Gasteiger partial charge in [0.05, 0.1) is 6.42 Å². The summed E-state index contributed by atoms with van der Waals surface area (Å²) in [7, 11) is 0. The number of aromatic amines is 1. The Morgan fingerprint density at radius 1 is 1.58 bits per heavy atom. The van der Waals surface area contributed by atoms with Gasteiger partial charge in [-0.15, -0.1) is 0 Å². The lowest BCUT2D eigenvalue weighted by Crippen LogP contribution is -2.40. The minimum atomic E-state index is 0.165. The van der Waals surface area contributed by atoms with Crippen molar-refractivity contribution in [1.29, 1.82) is 0 Å². The largest absolute Gasteiger partial charge is 0.346 e. The van der Waals surface area contributed by atoms with Gasteiger partial charge in [0.15, 0.2) is 0 Å². The van der Waals surface area contributed by atoms with E-state index >= 15 is 0 Å². The van der Waals surface area contributed by atoms with E-state index in [1.54, 1.807) is 6.20 Å². The van der Waals surface area contributed by atoms with Crippen molar-refractivity contribution in [3.63, 3.8) is 0 Å². The summed E-state index contributed by atoms with van der Waals surface area (Å²) >= 11 is 0. The van der Waals surface area contributed by atoms with E-state index in [2.05, 4.69) is 9.97 Å². The highest BCUT2D eigenvalue weighted by Crippen LogP contribution is 2.20. The number of carbonyl (C=O) groups excluding carboxylic acids is 1. The fraction of sp³-hybridized carbons (Fsp3) is 0.429. The van der Waals surface area contributed by atoms with Crippen LogP contribution in [-0.4, -0.2) is 39.9 Å². The van der Waals surface area contributed by atoms with Crippen molar-refractivity contribution >= 4 is 16.9 Å². The minimum absolute atomic E-state index is 0.165. The molecule has 1 aliphatic heterocycles. The average Bonchev–Trinajstić information content (AvgIpc) is 3.05. The van der Waals surface area contributed by atoms with Crippen molar-refractivity contribution in [2.24, 2.45) is 5.73 Å². The summed E-state index contributed by atoms with van der Waals surface area (Å²) in [6.07, 6.45) is 6.13. The van der Waals surface area contributed by atoms with Crippen LogP contribution in [0, 0.1) is 0 Å². The smallest absolute Gasteiger partial charge is 0.227 e. The molecule has 19 heavy (non-hydrogen) atoms. The lowest BCUT2D eigenvalue weighted by Gasteiger charge is -2.23. The number of pyridine rings is 1. The molecule has 1 aliphatic rings. The second-order valence-corrected chi connectivity index (χ2v) is 5.01. The number of hydrogen-bond donors (Lipinski definition) is 2. The predicted molar refractivity (Wildman–Crippen MR) is 73.6 cm³/mol. The molecule has 0 bridgehead atoms. The van der Waals surface area contributed by atoms with E-state index in [0.29, 0.717) is 13.0 Å². The van der Waals surface area contributed by atoms with Crippen LogP contribution in [0.15, 0.2) is 24.5 Å². The topological polar surface area (TPSA) is 75.0 Å². The Bertz CT molecular complexity index is 592. The van der Waals surface area contributed by atoms with Gasteiger partial charge in [0, 0.05) is 36.9 Å². The van der Waals surface area contributed by atoms with Crippen molar-refractivity contribution < 1.29 is 4.79 Å². The summed E-state index contributed by atoms with van der Waals surface area (Å²) in [5, 5.41) is 1.03. The maximum Gasteiger partial charge on any atom is 0.227 e. The van der Waals surface area contributed by atoms with Crippen LogP contribution >= 0.6 is 0 Å². The summed E-state index contributed by atoms with van der Waals surface area (Å²) in [5.74, 6) is 0.165. The Hall–Kier alpha value is -1.88. The second-order valence-electron chi connectivity index (χ2n) is 5.01. The first-order valence-corrected chi connectivity index (χ1v) is 6.70. The number of fused-ring (bicyclic) bond motifs is 1. The molecule has 1 unspecified atom stereocenters. The maximum absolute atomic E-state index is 12.4. The summed E-state index contributed by atoms with van der Waals surface area (Å²) in [4.78, 5) is 21.6. The molecular weight excluding hydrogens is 240 g/mol. The number of rotatable bonds is 3. The van der Waals surface area contributed by atoms with E-state index in [-0.39, 0.29) is 11.9 Å². The zero-order chi connectivity index (χ0) is 13.2. The van der Waals surface area contributed by atoms with Crippen molar-refractivity contribution in [3.05, 3.63) is 30.1 Å². The molecule has 0 aromatic carbocycles. The average molecular weight is 258 g/mol. The van der Waals surface area contributed by atoms with Crippen LogP contribution in [0.25, 0.3) is 11.0 Å². The number of hydrogen-bond acceptors (Lipinski definition) is 3. The zero-order valence-corrected chi connectivity index (χ0v) is 10.8. The molecule has 0 saturated carbocycles. The van der Waals surface area contributed by atoms with Gasteiger partial charge in [-0.3, -0.25) is 4.79 Å². The van der Waals surface area contributed by atoms with Crippen molar-refractivity contribution in [3.8, 4) is 0 Å². The number of aromatic nitrogens is 2. The molecule has 2 aromatic rings. The number of nitrogens with two attached hydrogens (primary N) is 1. The number of likely N-dealkylation sites (tertiary alicyclic amines) is 1. The summed E-state index contributed by atoms with van der Waals surface area (Å²) in [6.45, 7) is 1.39. The van der Waals surface area contributed by atoms with Crippen LogP contribution in [0.5, 0.6) is 0 Å². The van der Waals surface area contributed by atoms with Gasteiger partial charge >= 0.3 is 0 Å². The third kappa shape index (κ3) is 2.21. The Labute approximate surface area is 111 Å². The molecule has 1 atom stereocenters. The Balaban J connectivity index is 1.79. The van der Waals surface area contributed by atoms with Gasteiger partial charge in [-0.25, -0.2) is 4.98 Å². The van der Waals surface area contributed by atoms with Crippen molar-refractivity contribution in [2.45, 2.75) is 25.3 Å². The van der Waals surface area contributed by atoms with Crippen LogP contribution in [0.2, 0.25) is 0 Å². The molecule has 5 heteroatoms. The first-order chi connectivity index (χ1) is 9.29. The zero-order valence-electron chi connectivity index (χ0n) is 10.8. The van der Waals surface area contributed by atoms with Gasteiger partial charge in [0.1, 0.15) is 5.65 Å². The van der Waals surface area contributed by atoms with Gasteiger partial charge < -0.3 is 15.6 Å². The van der Waals surface area contributed by atoms with Crippen molar-refractivity contribution in [1.82, 2.24) is 14.9 Å². The molecule has 3 rings (SSSR count). The van der Waals surface area contributed by atoms with Crippen LogP contribution in [0.4, 0.5) is 0 Å². The number of H-pyrrole nitrogens is 1. The molecular formula is C14H18N4O. The van der Waals surface area contributed by atoms with Gasteiger partial charge in [-0.2, -0.15) is 0 Å². The molecule has 5 nitrogen and oxygen atoms in total. The van der Waals surface area contributed by atoms with Crippen LogP contribution in [0.1, 0.15) is 18.4 Å². The van der Waals surface area contributed by atoms with E-state index in [0.717, 1.165) is 36.0 Å². The molecule has 0 spiro atoms. The third-order valence-corrected chi connectivity index (χ3v) is 3.85. The van der Waals surface area contributed by atoms with E-state index < -0.39 is 0 Å². The lowest BCUT2D eigenvalue weighted by atomic mass is 10.1. The quantitative estimate of drug-likeness (QED) is 0.864. The maximum atomic E-state index is 12.4. The van der Waals surface area contributed by atoms with E-state index in [9.17, 15) is 4.79 Å². The van der Waals surface area contributed by atoms with E-state index in [4.69, 9.17) is 5.73 Å². The number of amides is 1. The summed E-state index contributed by atoms with van der Waals surface area (Å²) in [6, 6.07) is 4.10. The molecule has 3 heterocycles. The fourth-order valence-electron chi connectivity index (χ4n) is 2.83. The monoisotopic (exact) mass is 258 g/mol. The Morgan fingerprint density at radius 2 is 2.47 bits per heavy atom. The standard InChI is InChI=1S/C14H18N4O/c15-8-11-3-2-6-18(11)13(19)7-10-9-17-14-12(10)4-1-5-16-14/h1,4-5,9,11H,2-3,6-8,15H2,(H,16,17). The number of carbonyl (C=O) groups is 1. The third-order valence-electron chi connectivity index (χ3n) is 3.85. The number of nitrogens with zero attached hydrogens (tertiary/aromatic N) is 2. The highest BCUT2D eigenvalue weighted by molar-refractivity contribution is 5.87. The van der Waals surface area contributed by atoms with Gasteiger partial charge in [0.25, 0.3) is 0 Å². The highest BCUT2D eigenvalue weighted by Gasteiger charge is 2.27. The van der Waals surface area contributed by atoms with Gasteiger partial charge in [-0.1, -0.05) is 0 Å². The fourth-order valence-corrected chi connectivity index (χ4v) is 2.83.